The van der Waals surface area contributed by atoms with Crippen LogP contribution in [0.3, 0.4) is 0 Å². The van der Waals surface area contributed by atoms with Gasteiger partial charge < -0.3 is 15.0 Å². The van der Waals surface area contributed by atoms with Gasteiger partial charge in [-0.2, -0.15) is 0 Å². The Balaban J connectivity index is 2.16. The highest BCUT2D eigenvalue weighted by Gasteiger charge is 2.24. The van der Waals surface area contributed by atoms with Gasteiger partial charge in [0.05, 0.1) is 12.1 Å². The number of nitrogens with zero attached hydrogens (tertiary/aromatic N) is 1. The van der Waals surface area contributed by atoms with Crippen LogP contribution in [0.25, 0.3) is 10.9 Å². The first-order chi connectivity index (χ1) is 10.7. The number of aromatic nitrogens is 1. The summed E-state index contributed by atoms with van der Waals surface area (Å²) in [5.41, 5.74) is 2.48. The number of para-hydroxylation sites is 1. The Morgan fingerprint density at radius 3 is 2.50 bits per heavy atom. The first-order valence-corrected chi connectivity index (χ1v) is 7.41. The SMILES string of the molecule is [C]c1cn(C(c2ccccc2)C(O)CNC)c2ccccc12. The van der Waals surface area contributed by atoms with Gasteiger partial charge >= 0.3 is 0 Å². The predicted octanol–water partition coefficient (Wildman–Crippen LogP) is 2.75. The van der Waals surface area contributed by atoms with E-state index in [1.54, 1.807) is 6.20 Å². The van der Waals surface area contributed by atoms with Crippen LogP contribution in [0, 0.1) is 6.92 Å². The topological polar surface area (TPSA) is 37.2 Å². The van der Waals surface area contributed by atoms with Gasteiger partial charge in [0, 0.05) is 30.6 Å². The second kappa shape index (κ2) is 6.34. The molecule has 1 heterocycles. The minimum absolute atomic E-state index is 0.224. The van der Waals surface area contributed by atoms with Gasteiger partial charge in [0.15, 0.2) is 0 Å². The van der Waals surface area contributed by atoms with Crippen molar-refractivity contribution >= 4 is 10.9 Å². The van der Waals surface area contributed by atoms with Gasteiger partial charge in [0.1, 0.15) is 0 Å². The van der Waals surface area contributed by atoms with Gasteiger partial charge in [-0.3, -0.25) is 0 Å². The Kier molecular flexibility index (Phi) is 4.27. The van der Waals surface area contributed by atoms with Crippen molar-refractivity contribution in [2.75, 3.05) is 13.6 Å². The van der Waals surface area contributed by atoms with E-state index in [1.165, 1.54) is 0 Å². The Morgan fingerprint density at radius 2 is 1.77 bits per heavy atom. The van der Waals surface area contributed by atoms with Gasteiger partial charge in [-0.1, -0.05) is 48.5 Å². The maximum absolute atomic E-state index is 10.6. The van der Waals surface area contributed by atoms with Crippen molar-refractivity contribution in [3.05, 3.63) is 78.8 Å². The number of likely N-dealkylation sites (N-methyl/N-ethyl adjacent to an activating group) is 1. The summed E-state index contributed by atoms with van der Waals surface area (Å²) < 4.78 is 2.01. The number of hydrogen-bond donors (Lipinski definition) is 2. The highest BCUT2D eigenvalue weighted by atomic mass is 16.3. The Hall–Kier alpha value is -2.10. The fourth-order valence-electron chi connectivity index (χ4n) is 2.97. The molecule has 3 rings (SSSR count). The van der Waals surface area contributed by atoms with Crippen LogP contribution >= 0.6 is 0 Å². The molecule has 0 aliphatic rings. The fraction of sp³-hybridized carbons (Fsp3) is 0.211. The largest absolute Gasteiger partial charge is 0.389 e. The van der Waals surface area contributed by atoms with E-state index < -0.39 is 6.10 Å². The molecule has 0 spiro atoms. The molecule has 2 N–H and O–H groups in total. The predicted molar refractivity (Wildman–Crippen MR) is 88.8 cm³/mol. The van der Waals surface area contributed by atoms with Gasteiger partial charge in [0.2, 0.25) is 0 Å². The fourth-order valence-corrected chi connectivity index (χ4v) is 2.97. The van der Waals surface area contributed by atoms with E-state index in [9.17, 15) is 5.11 Å². The van der Waals surface area contributed by atoms with Crippen molar-refractivity contribution < 1.29 is 5.11 Å². The van der Waals surface area contributed by atoms with E-state index in [4.69, 9.17) is 6.92 Å². The summed E-state index contributed by atoms with van der Waals surface area (Å²) in [6.45, 7) is 8.65. The average Bonchev–Trinajstić information content (AvgIpc) is 2.86. The van der Waals surface area contributed by atoms with Crippen LogP contribution in [0.5, 0.6) is 0 Å². The zero-order valence-corrected chi connectivity index (χ0v) is 12.5. The number of aliphatic hydroxyl groups is 1. The Morgan fingerprint density at radius 1 is 1.09 bits per heavy atom. The van der Waals surface area contributed by atoms with E-state index >= 15 is 0 Å². The second-order valence-electron chi connectivity index (χ2n) is 5.45. The van der Waals surface area contributed by atoms with Gasteiger partial charge in [-0.15, -0.1) is 0 Å². The normalized spacial score (nSPS) is 14.1. The molecule has 2 atom stereocenters. The van der Waals surface area contributed by atoms with Crippen LogP contribution in [0.4, 0.5) is 0 Å². The molecule has 1 aromatic heterocycles. The lowest BCUT2D eigenvalue weighted by atomic mass is 10.0. The van der Waals surface area contributed by atoms with Crippen LogP contribution in [0.15, 0.2) is 60.8 Å². The lowest BCUT2D eigenvalue weighted by molar-refractivity contribution is 0.132. The van der Waals surface area contributed by atoms with Crippen LogP contribution < -0.4 is 5.32 Å². The number of rotatable bonds is 5. The molecule has 3 nitrogen and oxygen atoms in total. The van der Waals surface area contributed by atoms with Crippen molar-refractivity contribution in [1.82, 2.24) is 9.88 Å². The third-order valence-electron chi connectivity index (χ3n) is 3.96. The Labute approximate surface area is 131 Å². The second-order valence-corrected chi connectivity index (χ2v) is 5.45. The van der Waals surface area contributed by atoms with Gasteiger partial charge in [-0.05, 0) is 24.2 Å². The summed E-state index contributed by atoms with van der Waals surface area (Å²) in [6.07, 6.45) is 1.23. The third-order valence-corrected chi connectivity index (χ3v) is 3.96. The molecule has 22 heavy (non-hydrogen) atoms. The summed E-state index contributed by atoms with van der Waals surface area (Å²) in [5.74, 6) is 0. The van der Waals surface area contributed by atoms with E-state index in [0.717, 1.165) is 16.5 Å². The number of fused-ring (bicyclic) bond motifs is 1. The molecule has 0 aliphatic heterocycles. The molecule has 0 saturated heterocycles. The minimum Gasteiger partial charge on any atom is -0.389 e. The zero-order valence-electron chi connectivity index (χ0n) is 12.5. The van der Waals surface area contributed by atoms with E-state index in [0.29, 0.717) is 12.1 Å². The Bertz CT molecular complexity index is 748. The summed E-state index contributed by atoms with van der Waals surface area (Å²) >= 11 is 0. The number of hydrogen-bond acceptors (Lipinski definition) is 2. The maximum atomic E-state index is 10.6. The van der Waals surface area contributed by atoms with Crippen LogP contribution in [0.2, 0.25) is 0 Å². The van der Waals surface area contributed by atoms with Crippen molar-refractivity contribution in [2.45, 2.75) is 12.1 Å². The summed E-state index contributed by atoms with van der Waals surface area (Å²) in [5, 5.41) is 14.6. The van der Waals surface area contributed by atoms with E-state index in [2.05, 4.69) is 5.32 Å². The van der Waals surface area contributed by atoms with E-state index in [1.807, 2.05) is 66.2 Å². The quantitative estimate of drug-likeness (QED) is 0.758. The molecular formula is C19H19N2O. The lowest BCUT2D eigenvalue weighted by Gasteiger charge is -2.26. The van der Waals surface area contributed by atoms with Crippen molar-refractivity contribution in [3.8, 4) is 0 Å². The first-order valence-electron chi connectivity index (χ1n) is 7.41. The van der Waals surface area contributed by atoms with Gasteiger partial charge in [0.25, 0.3) is 0 Å². The molecular weight excluding hydrogens is 272 g/mol. The molecule has 3 heteroatoms. The number of aliphatic hydroxyl groups excluding tert-OH is 1. The van der Waals surface area contributed by atoms with Crippen LogP contribution in [-0.4, -0.2) is 29.4 Å². The van der Waals surface area contributed by atoms with Crippen molar-refractivity contribution in [2.24, 2.45) is 0 Å². The molecule has 2 aromatic carbocycles. The summed E-state index contributed by atoms with van der Waals surface area (Å²) in [4.78, 5) is 0. The molecule has 2 unspecified atom stereocenters. The molecule has 0 saturated carbocycles. The molecule has 3 radical (unpaired) electrons. The zero-order chi connectivity index (χ0) is 15.5. The van der Waals surface area contributed by atoms with Crippen LogP contribution in [0.1, 0.15) is 17.2 Å². The van der Waals surface area contributed by atoms with E-state index in [-0.39, 0.29) is 6.04 Å². The molecule has 0 fully saturated rings. The highest BCUT2D eigenvalue weighted by molar-refractivity contribution is 5.84. The first kappa shape index (κ1) is 14.8. The van der Waals surface area contributed by atoms with Crippen molar-refractivity contribution in [1.29, 1.82) is 0 Å². The highest BCUT2D eigenvalue weighted by Crippen LogP contribution is 2.29. The van der Waals surface area contributed by atoms with Crippen LogP contribution in [-0.2, 0) is 0 Å². The van der Waals surface area contributed by atoms with Crippen molar-refractivity contribution in [3.63, 3.8) is 0 Å². The molecule has 0 bridgehead atoms. The monoisotopic (exact) mass is 291 g/mol. The average molecular weight is 291 g/mol. The molecule has 111 valence electrons. The summed E-state index contributed by atoms with van der Waals surface area (Å²) in [6, 6.07) is 17.6. The van der Waals surface area contributed by atoms with Gasteiger partial charge in [-0.25, -0.2) is 0 Å². The maximum Gasteiger partial charge on any atom is 0.0912 e. The lowest BCUT2D eigenvalue weighted by Crippen LogP contribution is -2.33. The third kappa shape index (κ3) is 2.65. The number of nitrogens with one attached hydrogen (secondary N) is 1. The molecule has 0 amide bonds. The standard InChI is InChI=1S/C19H19N2O/c1-14-13-21(17-11-7-6-10-16(14)17)19(18(22)12-20-2)15-8-4-3-5-9-15/h3-11,13,18-20,22H,12H2,2H3. The summed E-state index contributed by atoms with van der Waals surface area (Å²) in [7, 11) is 1.83. The molecule has 3 aromatic rings. The minimum atomic E-state index is -0.581. The number of benzene rings is 2. The smallest absolute Gasteiger partial charge is 0.0912 e. The molecule has 0 aliphatic carbocycles.